The molecule has 80 valence electrons. The molecule has 0 bridgehead atoms. The minimum absolute atomic E-state index is 0.226. The molecule has 4 atom stereocenters. The first-order valence-corrected chi connectivity index (χ1v) is 4.25. The minimum Gasteiger partial charge on any atom is -0.394 e. The van der Waals surface area contributed by atoms with Crippen LogP contribution in [-0.4, -0.2) is 56.6 Å². The van der Waals surface area contributed by atoms with Gasteiger partial charge in [-0.05, 0) is 5.92 Å². The van der Waals surface area contributed by atoms with E-state index in [1.165, 1.54) is 0 Å². The quantitative estimate of drug-likeness (QED) is 0.351. The fraction of sp³-hybridized carbons (Fsp3) is 1.00. The van der Waals surface area contributed by atoms with Crippen LogP contribution in [0.5, 0.6) is 0 Å². The predicted molar refractivity (Wildman–Crippen MR) is 46.0 cm³/mol. The van der Waals surface area contributed by atoms with Crippen molar-refractivity contribution in [2.24, 2.45) is 5.92 Å². The van der Waals surface area contributed by atoms with Crippen LogP contribution in [0.2, 0.25) is 0 Å². The summed E-state index contributed by atoms with van der Waals surface area (Å²) in [4.78, 5) is 0. The highest BCUT2D eigenvalue weighted by molar-refractivity contribution is 4.81. The Morgan fingerprint density at radius 3 is 1.62 bits per heavy atom. The van der Waals surface area contributed by atoms with Gasteiger partial charge in [0.1, 0.15) is 18.3 Å². The molecular weight excluding hydrogens is 176 g/mol. The Kier molecular flexibility index (Phi) is 5.43. The predicted octanol–water partition coefficient (Wildman–Crippen LogP) is -1.92. The lowest BCUT2D eigenvalue weighted by Gasteiger charge is -2.27. The molecule has 13 heavy (non-hydrogen) atoms. The molecule has 0 aliphatic carbocycles. The maximum Gasteiger partial charge on any atom is 0.110 e. The van der Waals surface area contributed by atoms with Gasteiger partial charge < -0.3 is 25.5 Å². The Hall–Kier alpha value is -0.200. The van der Waals surface area contributed by atoms with Crippen LogP contribution in [0.3, 0.4) is 0 Å². The average Bonchev–Trinajstić information content (AvgIpc) is 2.12. The van der Waals surface area contributed by atoms with Crippen molar-refractivity contribution in [2.75, 3.05) is 6.61 Å². The molecule has 0 aliphatic rings. The second-order valence-electron chi connectivity index (χ2n) is 3.47. The summed E-state index contributed by atoms with van der Waals surface area (Å²) in [5.74, 6) is -0.226. The third-order valence-corrected chi connectivity index (χ3v) is 1.96. The van der Waals surface area contributed by atoms with E-state index in [9.17, 15) is 15.3 Å². The number of hydrogen-bond donors (Lipinski definition) is 5. The molecule has 0 aromatic carbocycles. The highest BCUT2D eigenvalue weighted by atomic mass is 16.4. The molecule has 0 saturated carbocycles. The summed E-state index contributed by atoms with van der Waals surface area (Å²) in [5, 5.41) is 45.2. The summed E-state index contributed by atoms with van der Waals surface area (Å²) in [7, 11) is 0. The maximum absolute atomic E-state index is 9.31. The first-order valence-electron chi connectivity index (χ1n) is 4.25. The van der Waals surface area contributed by atoms with Gasteiger partial charge in [0, 0.05) is 0 Å². The first-order chi connectivity index (χ1) is 5.91. The number of hydrogen-bond acceptors (Lipinski definition) is 5. The molecule has 5 heteroatoms. The van der Waals surface area contributed by atoms with Gasteiger partial charge in [-0.15, -0.1) is 0 Å². The van der Waals surface area contributed by atoms with Gasteiger partial charge in [0.25, 0.3) is 0 Å². The molecule has 0 fully saturated rings. The SMILES string of the molecule is CC(C)[C@H](O)[C@@H](O)[C@@H](O)[C@H](O)CO. The van der Waals surface area contributed by atoms with Crippen LogP contribution in [0, 0.1) is 5.92 Å². The highest BCUT2D eigenvalue weighted by Crippen LogP contribution is 2.11. The largest absolute Gasteiger partial charge is 0.394 e. The summed E-state index contributed by atoms with van der Waals surface area (Å²) >= 11 is 0. The van der Waals surface area contributed by atoms with Gasteiger partial charge in [0.05, 0.1) is 12.7 Å². The van der Waals surface area contributed by atoms with Crippen LogP contribution in [0.1, 0.15) is 13.8 Å². The van der Waals surface area contributed by atoms with E-state index < -0.39 is 31.0 Å². The Labute approximate surface area is 77.3 Å². The minimum atomic E-state index is -1.53. The van der Waals surface area contributed by atoms with E-state index in [1.54, 1.807) is 13.8 Å². The summed E-state index contributed by atoms with van der Waals surface area (Å²) < 4.78 is 0. The average molecular weight is 194 g/mol. The normalized spacial score (nSPS) is 21.2. The van der Waals surface area contributed by atoms with Crippen molar-refractivity contribution in [3.63, 3.8) is 0 Å². The second kappa shape index (κ2) is 5.51. The van der Waals surface area contributed by atoms with Crippen molar-refractivity contribution < 1.29 is 25.5 Å². The van der Waals surface area contributed by atoms with Crippen LogP contribution in [0.4, 0.5) is 0 Å². The van der Waals surface area contributed by atoms with E-state index in [2.05, 4.69) is 0 Å². The summed E-state index contributed by atoms with van der Waals surface area (Å²) in [6.45, 7) is 2.70. The van der Waals surface area contributed by atoms with E-state index in [0.717, 1.165) is 0 Å². The lowest BCUT2D eigenvalue weighted by atomic mass is 9.95. The topological polar surface area (TPSA) is 101 Å². The smallest absolute Gasteiger partial charge is 0.110 e. The van der Waals surface area contributed by atoms with Crippen molar-refractivity contribution in [1.29, 1.82) is 0 Å². The first kappa shape index (κ1) is 12.8. The Morgan fingerprint density at radius 1 is 0.846 bits per heavy atom. The van der Waals surface area contributed by atoms with Crippen LogP contribution in [0.15, 0.2) is 0 Å². The van der Waals surface area contributed by atoms with Crippen molar-refractivity contribution in [3.8, 4) is 0 Å². The molecule has 0 saturated heterocycles. The Balaban J connectivity index is 4.15. The lowest BCUT2D eigenvalue weighted by molar-refractivity contribution is -0.124. The van der Waals surface area contributed by atoms with Gasteiger partial charge in [0.2, 0.25) is 0 Å². The molecule has 0 heterocycles. The molecule has 5 N–H and O–H groups in total. The summed E-state index contributed by atoms with van der Waals surface area (Å²) in [6.07, 6.45) is -5.51. The van der Waals surface area contributed by atoms with Crippen LogP contribution in [-0.2, 0) is 0 Å². The van der Waals surface area contributed by atoms with E-state index in [0.29, 0.717) is 0 Å². The number of aliphatic hydroxyl groups excluding tert-OH is 5. The third-order valence-electron chi connectivity index (χ3n) is 1.96. The molecule has 0 aromatic rings. The van der Waals surface area contributed by atoms with Gasteiger partial charge in [0.15, 0.2) is 0 Å². The molecule has 0 unspecified atom stereocenters. The zero-order valence-corrected chi connectivity index (χ0v) is 7.83. The van der Waals surface area contributed by atoms with E-state index in [-0.39, 0.29) is 5.92 Å². The van der Waals surface area contributed by atoms with Gasteiger partial charge >= 0.3 is 0 Å². The van der Waals surface area contributed by atoms with Crippen molar-refractivity contribution in [2.45, 2.75) is 38.3 Å². The third kappa shape index (κ3) is 3.58. The van der Waals surface area contributed by atoms with Gasteiger partial charge in [-0.25, -0.2) is 0 Å². The monoisotopic (exact) mass is 194 g/mol. The zero-order valence-electron chi connectivity index (χ0n) is 7.83. The number of aliphatic hydroxyl groups is 5. The van der Waals surface area contributed by atoms with Gasteiger partial charge in [-0.2, -0.15) is 0 Å². The fourth-order valence-electron chi connectivity index (χ4n) is 0.932. The Bertz CT molecular complexity index is 138. The molecule has 0 rings (SSSR count). The fourth-order valence-corrected chi connectivity index (χ4v) is 0.932. The molecule has 5 nitrogen and oxygen atoms in total. The second-order valence-corrected chi connectivity index (χ2v) is 3.47. The molecule has 0 spiro atoms. The van der Waals surface area contributed by atoms with Gasteiger partial charge in [-0.1, -0.05) is 13.8 Å². The standard InChI is InChI=1S/C8H18O5/c1-4(2)6(11)8(13)7(12)5(10)3-9/h4-13H,3H2,1-2H3/t5-,6+,7+,8-/m1/s1. The van der Waals surface area contributed by atoms with E-state index >= 15 is 0 Å². The van der Waals surface area contributed by atoms with Gasteiger partial charge in [-0.3, -0.25) is 0 Å². The zero-order chi connectivity index (χ0) is 10.6. The van der Waals surface area contributed by atoms with Crippen molar-refractivity contribution in [1.82, 2.24) is 0 Å². The molecule has 0 aromatic heterocycles. The highest BCUT2D eigenvalue weighted by Gasteiger charge is 2.31. The molecule has 0 amide bonds. The summed E-state index contributed by atoms with van der Waals surface area (Å²) in [5.41, 5.74) is 0. The summed E-state index contributed by atoms with van der Waals surface area (Å²) in [6, 6.07) is 0. The molecular formula is C8H18O5. The molecule has 0 aliphatic heterocycles. The maximum atomic E-state index is 9.31. The van der Waals surface area contributed by atoms with Crippen LogP contribution < -0.4 is 0 Å². The van der Waals surface area contributed by atoms with Crippen LogP contribution >= 0.6 is 0 Å². The van der Waals surface area contributed by atoms with Crippen LogP contribution in [0.25, 0.3) is 0 Å². The number of rotatable bonds is 5. The van der Waals surface area contributed by atoms with Crippen molar-refractivity contribution in [3.05, 3.63) is 0 Å². The molecule has 0 radical (unpaired) electrons. The van der Waals surface area contributed by atoms with E-state index in [1.807, 2.05) is 0 Å². The van der Waals surface area contributed by atoms with E-state index in [4.69, 9.17) is 10.2 Å². The lowest BCUT2D eigenvalue weighted by Crippen LogP contribution is -2.47. The van der Waals surface area contributed by atoms with Crippen molar-refractivity contribution >= 4 is 0 Å². The Morgan fingerprint density at radius 2 is 1.31 bits per heavy atom.